The Morgan fingerprint density at radius 3 is 2.40 bits per heavy atom. The van der Waals surface area contributed by atoms with Crippen LogP contribution in [0.1, 0.15) is 37.7 Å². The van der Waals surface area contributed by atoms with E-state index in [1.165, 1.54) is 0 Å². The van der Waals surface area contributed by atoms with Gasteiger partial charge in [-0.2, -0.15) is 0 Å². The largest absolute Gasteiger partial charge is 0.508 e. The van der Waals surface area contributed by atoms with Gasteiger partial charge in [-0.3, -0.25) is 0 Å². The number of hydrogen-bond acceptors (Lipinski definition) is 3. The summed E-state index contributed by atoms with van der Waals surface area (Å²) in [6, 6.07) is 7.00. The predicted molar refractivity (Wildman–Crippen MR) is 79.6 cm³/mol. The molecule has 0 amide bonds. The Kier molecular flexibility index (Phi) is 5.21. The van der Waals surface area contributed by atoms with Gasteiger partial charge in [0.25, 0.3) is 0 Å². The SMILES string of the molecule is CCC1C[C@@H](CO)C=C[C@H](c2ccc(O)cc2)[C@@H](O)C1. The molecule has 3 N–H and O–H groups in total. The second-order valence-corrected chi connectivity index (χ2v) is 5.76. The second kappa shape index (κ2) is 6.91. The Bertz CT molecular complexity index is 438. The van der Waals surface area contributed by atoms with E-state index in [9.17, 15) is 15.3 Å². The van der Waals surface area contributed by atoms with E-state index in [1.54, 1.807) is 12.1 Å². The summed E-state index contributed by atoms with van der Waals surface area (Å²) in [7, 11) is 0. The van der Waals surface area contributed by atoms with Gasteiger partial charge in [0.2, 0.25) is 0 Å². The molecule has 110 valence electrons. The van der Waals surface area contributed by atoms with Gasteiger partial charge in [0.05, 0.1) is 6.10 Å². The third-order valence-electron chi connectivity index (χ3n) is 4.31. The fraction of sp³-hybridized carbons (Fsp3) is 0.529. The molecule has 1 aliphatic rings. The van der Waals surface area contributed by atoms with Crippen LogP contribution in [0.25, 0.3) is 0 Å². The summed E-state index contributed by atoms with van der Waals surface area (Å²) in [5.74, 6) is 0.774. The number of aromatic hydroxyl groups is 1. The molecule has 0 bridgehead atoms. The first-order valence-corrected chi connectivity index (χ1v) is 7.40. The number of phenolic OH excluding ortho intramolecular Hbond substituents is 1. The summed E-state index contributed by atoms with van der Waals surface area (Å²) in [6.07, 6.45) is 6.32. The number of benzene rings is 1. The molecule has 2 rings (SSSR count). The molecule has 0 saturated carbocycles. The first kappa shape index (κ1) is 15.1. The monoisotopic (exact) mass is 276 g/mol. The zero-order valence-corrected chi connectivity index (χ0v) is 11.9. The second-order valence-electron chi connectivity index (χ2n) is 5.76. The summed E-state index contributed by atoms with van der Waals surface area (Å²) in [5, 5.41) is 29.3. The van der Waals surface area contributed by atoms with Gasteiger partial charge < -0.3 is 15.3 Å². The van der Waals surface area contributed by atoms with Crippen LogP contribution in [-0.2, 0) is 0 Å². The van der Waals surface area contributed by atoms with Crippen LogP contribution in [0.5, 0.6) is 5.75 Å². The quantitative estimate of drug-likeness (QED) is 0.744. The van der Waals surface area contributed by atoms with E-state index in [1.807, 2.05) is 24.3 Å². The van der Waals surface area contributed by atoms with E-state index < -0.39 is 6.10 Å². The Hall–Kier alpha value is -1.32. The fourth-order valence-electron chi connectivity index (χ4n) is 2.99. The maximum absolute atomic E-state index is 10.5. The molecule has 20 heavy (non-hydrogen) atoms. The standard InChI is InChI=1S/C17H24O3/c1-2-12-9-13(11-18)3-8-16(17(20)10-12)14-4-6-15(19)7-5-14/h3-8,12-13,16-20H,2,9-11H2,1H3/t12?,13-,16+,17-/m0/s1. The first-order valence-electron chi connectivity index (χ1n) is 7.40. The van der Waals surface area contributed by atoms with Crippen LogP contribution >= 0.6 is 0 Å². The third-order valence-corrected chi connectivity index (χ3v) is 4.31. The first-order chi connectivity index (χ1) is 9.63. The van der Waals surface area contributed by atoms with Crippen molar-refractivity contribution in [3.05, 3.63) is 42.0 Å². The zero-order chi connectivity index (χ0) is 14.5. The lowest BCUT2D eigenvalue weighted by molar-refractivity contribution is 0.111. The van der Waals surface area contributed by atoms with Crippen LogP contribution in [0.2, 0.25) is 0 Å². The highest BCUT2D eigenvalue weighted by atomic mass is 16.3. The van der Waals surface area contributed by atoms with Crippen LogP contribution in [-0.4, -0.2) is 28.0 Å². The Morgan fingerprint density at radius 2 is 1.80 bits per heavy atom. The molecule has 4 atom stereocenters. The Balaban J connectivity index is 2.25. The molecule has 0 radical (unpaired) electrons. The van der Waals surface area contributed by atoms with E-state index in [0.717, 1.165) is 24.8 Å². The summed E-state index contributed by atoms with van der Waals surface area (Å²) < 4.78 is 0. The molecule has 3 heteroatoms. The molecule has 1 aromatic rings. The number of aliphatic hydroxyl groups is 2. The Labute approximate surface area is 120 Å². The topological polar surface area (TPSA) is 60.7 Å². The van der Waals surface area contributed by atoms with Crippen molar-refractivity contribution in [1.82, 2.24) is 0 Å². The van der Waals surface area contributed by atoms with Gasteiger partial charge in [0, 0.05) is 18.4 Å². The fourth-order valence-corrected chi connectivity index (χ4v) is 2.99. The number of phenols is 1. The van der Waals surface area contributed by atoms with E-state index in [2.05, 4.69) is 6.92 Å². The highest BCUT2D eigenvalue weighted by molar-refractivity contribution is 5.31. The molecule has 0 aliphatic heterocycles. The van der Waals surface area contributed by atoms with E-state index in [0.29, 0.717) is 5.92 Å². The van der Waals surface area contributed by atoms with Crippen molar-refractivity contribution in [3.63, 3.8) is 0 Å². The molecule has 1 aliphatic carbocycles. The van der Waals surface area contributed by atoms with Crippen molar-refractivity contribution in [2.24, 2.45) is 11.8 Å². The van der Waals surface area contributed by atoms with Gasteiger partial charge in [0.15, 0.2) is 0 Å². The molecule has 1 unspecified atom stereocenters. The van der Waals surface area contributed by atoms with Crippen LogP contribution in [0.3, 0.4) is 0 Å². The summed E-state index contributed by atoms with van der Waals surface area (Å²) in [6.45, 7) is 2.29. The van der Waals surface area contributed by atoms with Crippen molar-refractivity contribution in [2.45, 2.75) is 38.2 Å². The van der Waals surface area contributed by atoms with Gasteiger partial charge in [-0.25, -0.2) is 0 Å². The minimum atomic E-state index is -0.416. The van der Waals surface area contributed by atoms with Gasteiger partial charge in [0.1, 0.15) is 5.75 Å². The smallest absolute Gasteiger partial charge is 0.115 e. The number of rotatable bonds is 3. The minimum Gasteiger partial charge on any atom is -0.508 e. The van der Waals surface area contributed by atoms with E-state index in [4.69, 9.17) is 0 Å². The highest BCUT2D eigenvalue weighted by Crippen LogP contribution is 2.33. The third kappa shape index (κ3) is 3.62. The maximum atomic E-state index is 10.5. The lowest BCUT2D eigenvalue weighted by atomic mass is 9.79. The highest BCUT2D eigenvalue weighted by Gasteiger charge is 2.26. The molecule has 3 nitrogen and oxygen atoms in total. The van der Waals surface area contributed by atoms with Crippen molar-refractivity contribution in [2.75, 3.05) is 6.61 Å². The molecule has 1 aromatic carbocycles. The number of aliphatic hydroxyl groups excluding tert-OH is 2. The van der Waals surface area contributed by atoms with Crippen molar-refractivity contribution < 1.29 is 15.3 Å². The normalized spacial score (nSPS) is 30.8. The van der Waals surface area contributed by atoms with Crippen LogP contribution < -0.4 is 0 Å². The molecule has 0 spiro atoms. The van der Waals surface area contributed by atoms with Crippen LogP contribution in [0.15, 0.2) is 36.4 Å². The lowest BCUT2D eigenvalue weighted by Crippen LogP contribution is -2.25. The van der Waals surface area contributed by atoms with Gasteiger partial charge in [-0.15, -0.1) is 0 Å². The minimum absolute atomic E-state index is 0.0704. The molecular formula is C17H24O3. The van der Waals surface area contributed by atoms with Gasteiger partial charge >= 0.3 is 0 Å². The molecule has 0 saturated heterocycles. The zero-order valence-electron chi connectivity index (χ0n) is 11.9. The van der Waals surface area contributed by atoms with Gasteiger partial charge in [-0.1, -0.05) is 37.6 Å². The molecule has 0 heterocycles. The van der Waals surface area contributed by atoms with Crippen molar-refractivity contribution in [1.29, 1.82) is 0 Å². The predicted octanol–water partition coefficient (Wildman–Crippen LogP) is 2.82. The summed E-state index contributed by atoms with van der Waals surface area (Å²) in [5.41, 5.74) is 1.000. The molecule has 0 aromatic heterocycles. The van der Waals surface area contributed by atoms with E-state index >= 15 is 0 Å². The van der Waals surface area contributed by atoms with Crippen molar-refractivity contribution in [3.8, 4) is 5.75 Å². The molecule has 0 fully saturated rings. The summed E-state index contributed by atoms with van der Waals surface area (Å²) >= 11 is 0. The van der Waals surface area contributed by atoms with Crippen LogP contribution in [0, 0.1) is 11.8 Å². The number of hydrogen-bond donors (Lipinski definition) is 3. The average Bonchev–Trinajstić information content (AvgIpc) is 2.44. The van der Waals surface area contributed by atoms with Crippen molar-refractivity contribution >= 4 is 0 Å². The van der Waals surface area contributed by atoms with Crippen LogP contribution in [0.4, 0.5) is 0 Å². The average molecular weight is 276 g/mol. The maximum Gasteiger partial charge on any atom is 0.115 e. The molecular weight excluding hydrogens is 252 g/mol. The Morgan fingerprint density at radius 1 is 1.10 bits per heavy atom. The van der Waals surface area contributed by atoms with Gasteiger partial charge in [-0.05, 0) is 36.5 Å². The van der Waals surface area contributed by atoms with E-state index in [-0.39, 0.29) is 24.2 Å². The summed E-state index contributed by atoms with van der Waals surface area (Å²) in [4.78, 5) is 0. The lowest BCUT2D eigenvalue weighted by Gasteiger charge is -2.29.